The lowest BCUT2D eigenvalue weighted by Gasteiger charge is -2.05. The van der Waals surface area contributed by atoms with Crippen molar-refractivity contribution in [1.29, 1.82) is 0 Å². The maximum Gasteiger partial charge on any atom is 0.156 e. The Kier molecular flexibility index (Phi) is 3.07. The molecule has 22 heavy (non-hydrogen) atoms. The average molecular weight is 289 g/mol. The molecule has 1 saturated carbocycles. The largest absolute Gasteiger partial charge is 0.213 e. The summed E-state index contributed by atoms with van der Waals surface area (Å²) in [5, 5.41) is 4.71. The lowest BCUT2D eigenvalue weighted by atomic mass is 10.1. The maximum atomic E-state index is 4.71. The van der Waals surface area contributed by atoms with E-state index in [9.17, 15) is 0 Å². The van der Waals surface area contributed by atoms with Crippen LogP contribution in [0.25, 0.3) is 16.9 Å². The Morgan fingerprint density at radius 1 is 1.23 bits per heavy atom. The first kappa shape index (κ1) is 13.3. The molecule has 3 heteroatoms. The first-order valence-corrected chi connectivity index (χ1v) is 7.80. The van der Waals surface area contributed by atoms with Crippen LogP contribution < -0.4 is 0 Å². The molecule has 1 aliphatic carbocycles. The van der Waals surface area contributed by atoms with Crippen molar-refractivity contribution in [2.24, 2.45) is 5.92 Å². The maximum absolute atomic E-state index is 4.71. The van der Waals surface area contributed by atoms with Crippen LogP contribution >= 0.6 is 0 Å². The molecule has 1 aliphatic rings. The lowest BCUT2D eigenvalue weighted by Crippen LogP contribution is -1.96. The summed E-state index contributed by atoms with van der Waals surface area (Å²) in [4.78, 5) is 4.66. The minimum Gasteiger partial charge on any atom is -0.213 e. The van der Waals surface area contributed by atoms with Gasteiger partial charge in [-0.15, -0.1) is 0 Å². The molecule has 4 rings (SSSR count). The van der Waals surface area contributed by atoms with Gasteiger partial charge in [0.1, 0.15) is 0 Å². The molecule has 3 nitrogen and oxygen atoms in total. The Morgan fingerprint density at radius 3 is 2.82 bits per heavy atom. The Bertz CT molecular complexity index is 856. The van der Waals surface area contributed by atoms with Crippen molar-refractivity contribution in [3.63, 3.8) is 0 Å². The summed E-state index contributed by atoms with van der Waals surface area (Å²) in [7, 11) is 0. The van der Waals surface area contributed by atoms with Crippen LogP contribution in [0.1, 0.15) is 24.2 Å². The second-order valence-corrected chi connectivity index (χ2v) is 6.19. The number of hydrogen-bond donors (Lipinski definition) is 0. The lowest BCUT2D eigenvalue weighted by molar-refractivity contribution is 0.856. The summed E-state index contributed by atoms with van der Waals surface area (Å²) in [5.41, 5.74) is 5.67. The SMILES string of the molecule is C=C(Cc1nc2cccc(-c3cccc(C)c3)n2n1)C1CC1. The zero-order valence-electron chi connectivity index (χ0n) is 12.8. The number of benzene rings is 1. The van der Waals surface area contributed by atoms with Crippen molar-refractivity contribution in [3.05, 3.63) is 66.0 Å². The van der Waals surface area contributed by atoms with Crippen LogP contribution in [0.15, 0.2) is 54.6 Å². The van der Waals surface area contributed by atoms with Crippen molar-refractivity contribution in [3.8, 4) is 11.3 Å². The molecule has 0 aliphatic heterocycles. The minimum absolute atomic E-state index is 0.697. The van der Waals surface area contributed by atoms with Crippen molar-refractivity contribution in [1.82, 2.24) is 14.6 Å². The number of pyridine rings is 1. The fourth-order valence-corrected chi connectivity index (χ4v) is 2.89. The molecule has 0 N–H and O–H groups in total. The van der Waals surface area contributed by atoms with Gasteiger partial charge in [0, 0.05) is 12.0 Å². The number of aryl methyl sites for hydroxylation is 1. The molecule has 1 fully saturated rings. The third-order valence-corrected chi connectivity index (χ3v) is 4.26. The molecule has 0 atom stereocenters. The Labute approximate surface area is 130 Å². The Balaban J connectivity index is 1.76. The molecule has 0 bridgehead atoms. The molecule has 0 spiro atoms. The second-order valence-electron chi connectivity index (χ2n) is 6.19. The summed E-state index contributed by atoms with van der Waals surface area (Å²) in [6.07, 6.45) is 3.35. The molecule has 2 heterocycles. The molecule has 1 aromatic carbocycles. The number of aromatic nitrogens is 3. The second kappa shape index (κ2) is 5.09. The summed E-state index contributed by atoms with van der Waals surface area (Å²) in [6, 6.07) is 14.6. The fourth-order valence-electron chi connectivity index (χ4n) is 2.89. The number of fused-ring (bicyclic) bond motifs is 1. The summed E-state index contributed by atoms with van der Waals surface area (Å²) >= 11 is 0. The predicted octanol–water partition coefficient (Wildman–Crippen LogP) is 4.21. The normalized spacial score (nSPS) is 14.4. The third kappa shape index (κ3) is 2.43. The van der Waals surface area contributed by atoms with Gasteiger partial charge in [0.05, 0.1) is 5.69 Å². The highest BCUT2D eigenvalue weighted by Crippen LogP contribution is 2.36. The van der Waals surface area contributed by atoms with Crippen molar-refractivity contribution < 1.29 is 0 Å². The molecule has 0 amide bonds. The van der Waals surface area contributed by atoms with Gasteiger partial charge in [-0.25, -0.2) is 9.50 Å². The zero-order chi connectivity index (χ0) is 15.1. The quantitative estimate of drug-likeness (QED) is 0.673. The molecular weight excluding hydrogens is 270 g/mol. The van der Waals surface area contributed by atoms with Gasteiger partial charge >= 0.3 is 0 Å². The van der Waals surface area contributed by atoms with Crippen LogP contribution in [-0.4, -0.2) is 14.6 Å². The summed E-state index contributed by atoms with van der Waals surface area (Å²) < 4.78 is 1.95. The van der Waals surface area contributed by atoms with Crippen molar-refractivity contribution in [2.45, 2.75) is 26.2 Å². The van der Waals surface area contributed by atoms with Crippen molar-refractivity contribution in [2.75, 3.05) is 0 Å². The van der Waals surface area contributed by atoms with Gasteiger partial charge in [-0.1, -0.05) is 42.0 Å². The zero-order valence-corrected chi connectivity index (χ0v) is 12.8. The van der Waals surface area contributed by atoms with E-state index in [2.05, 4.69) is 48.8 Å². The Morgan fingerprint density at radius 2 is 2.05 bits per heavy atom. The molecular formula is C19H19N3. The van der Waals surface area contributed by atoms with Crippen LogP contribution in [0.2, 0.25) is 0 Å². The van der Waals surface area contributed by atoms with Gasteiger partial charge in [0.25, 0.3) is 0 Å². The van der Waals surface area contributed by atoms with E-state index in [0.29, 0.717) is 5.92 Å². The minimum atomic E-state index is 0.697. The molecule has 2 aromatic heterocycles. The van der Waals surface area contributed by atoms with Crippen LogP contribution in [-0.2, 0) is 6.42 Å². The number of rotatable bonds is 4. The van der Waals surface area contributed by atoms with Gasteiger partial charge < -0.3 is 0 Å². The van der Waals surface area contributed by atoms with E-state index in [0.717, 1.165) is 23.6 Å². The summed E-state index contributed by atoms with van der Waals surface area (Å²) in [5.74, 6) is 1.57. The summed E-state index contributed by atoms with van der Waals surface area (Å²) in [6.45, 7) is 6.29. The van der Waals surface area contributed by atoms with Crippen LogP contribution in [0.4, 0.5) is 0 Å². The van der Waals surface area contributed by atoms with Crippen LogP contribution in [0.3, 0.4) is 0 Å². The molecule has 0 unspecified atom stereocenters. The standard InChI is InChI=1S/C19H19N3/c1-13-5-3-6-16(11-13)17-7-4-8-19-20-18(21-22(17)19)12-14(2)15-9-10-15/h3-8,11,15H,2,9-10,12H2,1H3. The monoisotopic (exact) mass is 289 g/mol. The van der Waals surface area contributed by atoms with Gasteiger partial charge in [-0.2, -0.15) is 5.10 Å². The predicted molar refractivity (Wildman–Crippen MR) is 88.7 cm³/mol. The topological polar surface area (TPSA) is 30.2 Å². The molecule has 3 aromatic rings. The molecule has 0 radical (unpaired) electrons. The van der Waals surface area contributed by atoms with Crippen LogP contribution in [0, 0.1) is 12.8 Å². The highest BCUT2D eigenvalue weighted by atomic mass is 15.3. The van der Waals surface area contributed by atoms with Crippen LogP contribution in [0.5, 0.6) is 0 Å². The average Bonchev–Trinajstić information content (AvgIpc) is 3.27. The van der Waals surface area contributed by atoms with Gasteiger partial charge in [0.15, 0.2) is 11.5 Å². The highest BCUT2D eigenvalue weighted by molar-refractivity contribution is 5.63. The first-order chi connectivity index (χ1) is 10.7. The fraction of sp³-hybridized carbons (Fsp3) is 0.263. The Hall–Kier alpha value is -2.42. The first-order valence-electron chi connectivity index (χ1n) is 7.80. The smallest absolute Gasteiger partial charge is 0.156 e. The van der Waals surface area contributed by atoms with Gasteiger partial charge in [0.2, 0.25) is 0 Å². The van der Waals surface area contributed by atoms with E-state index >= 15 is 0 Å². The number of hydrogen-bond acceptors (Lipinski definition) is 2. The third-order valence-electron chi connectivity index (χ3n) is 4.26. The highest BCUT2D eigenvalue weighted by Gasteiger charge is 2.25. The van der Waals surface area contributed by atoms with E-state index in [1.807, 2.05) is 16.6 Å². The number of nitrogens with zero attached hydrogens (tertiary/aromatic N) is 3. The molecule has 110 valence electrons. The van der Waals surface area contributed by atoms with E-state index in [1.165, 1.54) is 29.5 Å². The van der Waals surface area contributed by atoms with E-state index in [-0.39, 0.29) is 0 Å². The number of allylic oxidation sites excluding steroid dienone is 1. The van der Waals surface area contributed by atoms with Crippen molar-refractivity contribution >= 4 is 5.65 Å². The van der Waals surface area contributed by atoms with E-state index in [1.54, 1.807) is 0 Å². The van der Waals surface area contributed by atoms with Gasteiger partial charge in [-0.05, 0) is 43.9 Å². The van der Waals surface area contributed by atoms with E-state index < -0.39 is 0 Å². The van der Waals surface area contributed by atoms with Gasteiger partial charge in [-0.3, -0.25) is 0 Å². The van der Waals surface area contributed by atoms with E-state index in [4.69, 9.17) is 5.10 Å². The molecule has 0 saturated heterocycles.